The van der Waals surface area contributed by atoms with Gasteiger partial charge in [-0.25, -0.2) is 9.97 Å². The van der Waals surface area contributed by atoms with Gasteiger partial charge in [0.25, 0.3) is 0 Å². The average molecular weight is 224 g/mol. The van der Waals surface area contributed by atoms with Gasteiger partial charge in [-0.05, 0) is 30.3 Å². The summed E-state index contributed by atoms with van der Waals surface area (Å²) in [7, 11) is 0. The van der Waals surface area contributed by atoms with Gasteiger partial charge >= 0.3 is 0 Å². The van der Waals surface area contributed by atoms with Crippen LogP contribution in [0.4, 0.5) is 11.5 Å². The molecule has 2 rings (SSSR count). The maximum absolute atomic E-state index is 5.74. The molecule has 0 bridgehead atoms. The van der Waals surface area contributed by atoms with Gasteiger partial charge < -0.3 is 11.1 Å². The lowest BCUT2D eigenvalue weighted by Gasteiger charge is -2.21. The number of hydrogen-bond donors (Lipinski definition) is 2. The van der Waals surface area contributed by atoms with Crippen LogP contribution in [0.5, 0.6) is 0 Å². The Hall–Kier alpha value is -0.970. The Labute approximate surface area is 94.1 Å². The molecule has 4 nitrogen and oxygen atoms in total. The number of nitrogen functional groups attached to an aromatic ring is 1. The number of nitrogens with one attached hydrogen (secondary N) is 1. The molecule has 1 aromatic rings. The van der Waals surface area contributed by atoms with Gasteiger partial charge in [0, 0.05) is 6.54 Å². The van der Waals surface area contributed by atoms with Gasteiger partial charge in [0.15, 0.2) is 5.82 Å². The highest BCUT2D eigenvalue weighted by atomic mass is 32.2. The van der Waals surface area contributed by atoms with E-state index in [1.807, 2.05) is 11.8 Å². The fourth-order valence-electron chi connectivity index (χ4n) is 1.68. The van der Waals surface area contributed by atoms with Gasteiger partial charge in [-0.3, -0.25) is 0 Å². The number of nitrogens with two attached hydrogens (primary N) is 1. The fraction of sp³-hybridized carbons (Fsp3) is 0.600. The van der Waals surface area contributed by atoms with E-state index in [0.717, 1.165) is 18.3 Å². The first-order chi connectivity index (χ1) is 7.36. The molecule has 0 unspecified atom stereocenters. The number of anilines is 2. The molecule has 5 heteroatoms. The molecule has 0 amide bonds. The van der Waals surface area contributed by atoms with Crippen LogP contribution >= 0.6 is 11.8 Å². The summed E-state index contributed by atoms with van der Waals surface area (Å²) in [6.45, 7) is 0.974. The first kappa shape index (κ1) is 10.5. The lowest BCUT2D eigenvalue weighted by molar-refractivity contribution is 0.515. The summed E-state index contributed by atoms with van der Waals surface area (Å²) in [5.41, 5.74) is 6.37. The van der Waals surface area contributed by atoms with E-state index in [-0.39, 0.29) is 0 Å². The van der Waals surface area contributed by atoms with Gasteiger partial charge in [-0.15, -0.1) is 0 Å². The van der Waals surface area contributed by atoms with Crippen LogP contribution in [0.15, 0.2) is 12.5 Å². The summed E-state index contributed by atoms with van der Waals surface area (Å²) in [5.74, 6) is 4.10. The summed E-state index contributed by atoms with van der Waals surface area (Å²) < 4.78 is 0. The van der Waals surface area contributed by atoms with Crippen molar-refractivity contribution in [2.75, 3.05) is 29.1 Å². The smallest absolute Gasteiger partial charge is 0.152 e. The van der Waals surface area contributed by atoms with Crippen molar-refractivity contribution in [2.24, 2.45) is 5.92 Å². The third-order valence-electron chi connectivity index (χ3n) is 2.64. The van der Waals surface area contributed by atoms with E-state index in [0.29, 0.717) is 5.69 Å². The number of rotatable bonds is 3. The van der Waals surface area contributed by atoms with E-state index >= 15 is 0 Å². The van der Waals surface area contributed by atoms with Gasteiger partial charge in [0.2, 0.25) is 0 Å². The van der Waals surface area contributed by atoms with Crippen LogP contribution in [0, 0.1) is 5.92 Å². The maximum Gasteiger partial charge on any atom is 0.152 e. The van der Waals surface area contributed by atoms with E-state index in [9.17, 15) is 0 Å². The predicted octanol–water partition coefficient (Wildman–Crippen LogP) is 1.61. The molecule has 82 valence electrons. The van der Waals surface area contributed by atoms with E-state index < -0.39 is 0 Å². The van der Waals surface area contributed by atoms with Crippen LogP contribution in [0.2, 0.25) is 0 Å². The maximum atomic E-state index is 5.74. The molecule has 2 heterocycles. The summed E-state index contributed by atoms with van der Waals surface area (Å²) >= 11 is 2.05. The van der Waals surface area contributed by atoms with E-state index in [2.05, 4.69) is 15.3 Å². The lowest BCUT2D eigenvalue weighted by Crippen LogP contribution is -2.20. The highest BCUT2D eigenvalue weighted by Crippen LogP contribution is 2.23. The lowest BCUT2D eigenvalue weighted by atomic mass is 10.0. The Bertz CT molecular complexity index is 312. The minimum Gasteiger partial charge on any atom is -0.394 e. The quantitative estimate of drug-likeness (QED) is 0.816. The van der Waals surface area contributed by atoms with Crippen LogP contribution in [-0.4, -0.2) is 28.0 Å². The van der Waals surface area contributed by atoms with Crippen LogP contribution in [-0.2, 0) is 0 Å². The van der Waals surface area contributed by atoms with E-state index in [1.165, 1.54) is 30.7 Å². The third kappa shape index (κ3) is 2.99. The molecule has 15 heavy (non-hydrogen) atoms. The summed E-state index contributed by atoms with van der Waals surface area (Å²) in [6, 6.07) is 0. The van der Waals surface area contributed by atoms with Gasteiger partial charge in [0.05, 0.1) is 11.9 Å². The zero-order valence-corrected chi connectivity index (χ0v) is 9.46. The molecular weight excluding hydrogens is 208 g/mol. The second-order valence-electron chi connectivity index (χ2n) is 3.76. The molecule has 0 spiro atoms. The third-order valence-corrected chi connectivity index (χ3v) is 3.69. The van der Waals surface area contributed by atoms with Crippen LogP contribution in [0.3, 0.4) is 0 Å². The molecule has 0 aliphatic carbocycles. The van der Waals surface area contributed by atoms with E-state index in [1.54, 1.807) is 6.20 Å². The van der Waals surface area contributed by atoms with Crippen molar-refractivity contribution in [3.8, 4) is 0 Å². The Morgan fingerprint density at radius 2 is 2.27 bits per heavy atom. The summed E-state index contributed by atoms with van der Waals surface area (Å²) in [6.07, 6.45) is 5.74. The number of nitrogens with zero attached hydrogens (tertiary/aromatic N) is 2. The Morgan fingerprint density at radius 1 is 1.47 bits per heavy atom. The molecule has 1 saturated heterocycles. The zero-order chi connectivity index (χ0) is 10.5. The van der Waals surface area contributed by atoms with Crippen LogP contribution in [0.1, 0.15) is 12.8 Å². The SMILES string of the molecule is Nc1cncnc1NCC1CCSCC1. The van der Waals surface area contributed by atoms with Crippen molar-refractivity contribution in [3.63, 3.8) is 0 Å². The molecule has 0 atom stereocenters. The number of aromatic nitrogens is 2. The van der Waals surface area contributed by atoms with Crippen molar-refractivity contribution in [1.29, 1.82) is 0 Å². The van der Waals surface area contributed by atoms with Gasteiger partial charge in [-0.2, -0.15) is 11.8 Å². The van der Waals surface area contributed by atoms with Crippen molar-refractivity contribution in [2.45, 2.75) is 12.8 Å². The van der Waals surface area contributed by atoms with Gasteiger partial charge in [0.1, 0.15) is 6.33 Å². The number of hydrogen-bond acceptors (Lipinski definition) is 5. The first-order valence-electron chi connectivity index (χ1n) is 5.23. The first-order valence-corrected chi connectivity index (χ1v) is 6.39. The van der Waals surface area contributed by atoms with Crippen molar-refractivity contribution >= 4 is 23.3 Å². The molecule has 3 N–H and O–H groups in total. The van der Waals surface area contributed by atoms with Crippen molar-refractivity contribution < 1.29 is 0 Å². The minimum atomic E-state index is 0.627. The molecule has 1 aliphatic heterocycles. The second-order valence-corrected chi connectivity index (χ2v) is 4.99. The topological polar surface area (TPSA) is 63.8 Å². The molecule has 1 aromatic heterocycles. The highest BCUT2D eigenvalue weighted by molar-refractivity contribution is 7.99. The Balaban J connectivity index is 1.84. The largest absolute Gasteiger partial charge is 0.394 e. The Kier molecular flexibility index (Phi) is 3.66. The summed E-state index contributed by atoms with van der Waals surface area (Å²) in [5, 5.41) is 3.30. The molecule has 1 fully saturated rings. The van der Waals surface area contributed by atoms with Crippen LogP contribution in [0.25, 0.3) is 0 Å². The highest BCUT2D eigenvalue weighted by Gasteiger charge is 2.13. The predicted molar refractivity (Wildman–Crippen MR) is 65.0 cm³/mol. The molecule has 0 saturated carbocycles. The molecular formula is C10H16N4S. The Morgan fingerprint density at radius 3 is 3.00 bits per heavy atom. The fourth-order valence-corrected chi connectivity index (χ4v) is 2.88. The number of thioether (sulfide) groups is 1. The van der Waals surface area contributed by atoms with Crippen molar-refractivity contribution in [1.82, 2.24) is 9.97 Å². The summed E-state index contributed by atoms with van der Waals surface area (Å²) in [4.78, 5) is 7.97. The standard InChI is InChI=1S/C10H16N4S/c11-9-6-12-7-14-10(9)13-5-8-1-3-15-4-2-8/h6-8H,1-5,11H2,(H,12,13,14). The normalized spacial score (nSPS) is 17.6. The zero-order valence-electron chi connectivity index (χ0n) is 8.65. The average Bonchev–Trinajstić information content (AvgIpc) is 2.29. The minimum absolute atomic E-state index is 0.627. The second kappa shape index (κ2) is 5.21. The van der Waals surface area contributed by atoms with E-state index in [4.69, 9.17) is 5.73 Å². The van der Waals surface area contributed by atoms with Gasteiger partial charge in [-0.1, -0.05) is 0 Å². The van der Waals surface area contributed by atoms with Crippen molar-refractivity contribution in [3.05, 3.63) is 12.5 Å². The van der Waals surface area contributed by atoms with Crippen LogP contribution < -0.4 is 11.1 Å². The monoisotopic (exact) mass is 224 g/mol. The molecule has 1 aliphatic rings. The molecule has 0 radical (unpaired) electrons. The molecule has 0 aromatic carbocycles.